The van der Waals surface area contributed by atoms with Gasteiger partial charge >= 0.3 is 0 Å². The van der Waals surface area contributed by atoms with Gasteiger partial charge in [-0.15, -0.1) is 0 Å². The number of nitrogens with zero attached hydrogens (tertiary/aromatic N) is 2. The predicted molar refractivity (Wildman–Crippen MR) is 98.7 cm³/mol. The van der Waals surface area contributed by atoms with E-state index < -0.39 is 10.0 Å². The van der Waals surface area contributed by atoms with Crippen LogP contribution in [0.2, 0.25) is 0 Å². The second-order valence-electron chi connectivity index (χ2n) is 6.49. The van der Waals surface area contributed by atoms with Crippen LogP contribution in [0.5, 0.6) is 0 Å². The van der Waals surface area contributed by atoms with E-state index in [4.69, 9.17) is 4.74 Å². The van der Waals surface area contributed by atoms with Crippen LogP contribution in [0.3, 0.4) is 0 Å². The molecule has 0 saturated carbocycles. The van der Waals surface area contributed by atoms with Crippen LogP contribution in [-0.4, -0.2) is 74.6 Å². The lowest BCUT2D eigenvalue weighted by Crippen LogP contribution is -2.50. The topological polar surface area (TPSA) is 49.9 Å². The van der Waals surface area contributed by atoms with Crippen molar-refractivity contribution in [1.29, 1.82) is 0 Å². The molecule has 0 bridgehead atoms. The van der Waals surface area contributed by atoms with Gasteiger partial charge in [0.1, 0.15) is 5.82 Å². The van der Waals surface area contributed by atoms with E-state index in [-0.39, 0.29) is 17.6 Å². The molecule has 0 aromatic heterocycles. The van der Waals surface area contributed by atoms with E-state index >= 15 is 0 Å². The molecule has 2 aliphatic heterocycles. The van der Waals surface area contributed by atoms with E-state index in [1.54, 1.807) is 16.4 Å². The lowest BCUT2D eigenvalue weighted by Gasteiger charge is -2.35. The molecule has 0 spiro atoms. The molecule has 8 heteroatoms. The molecule has 0 amide bonds. The number of halogens is 1. The second kappa shape index (κ2) is 8.81. The summed E-state index contributed by atoms with van der Waals surface area (Å²) in [6, 6.07) is 5.71. The predicted octanol–water partition coefficient (Wildman–Crippen LogP) is 1.80. The summed E-state index contributed by atoms with van der Waals surface area (Å²) in [5.74, 6) is 1.39. The van der Waals surface area contributed by atoms with E-state index in [2.05, 4.69) is 4.90 Å². The first kappa shape index (κ1) is 19.1. The van der Waals surface area contributed by atoms with Crippen LogP contribution in [0, 0.1) is 5.82 Å². The zero-order valence-corrected chi connectivity index (χ0v) is 15.9. The highest BCUT2D eigenvalue weighted by molar-refractivity contribution is 7.99. The van der Waals surface area contributed by atoms with Crippen molar-refractivity contribution in [3.63, 3.8) is 0 Å². The van der Waals surface area contributed by atoms with Crippen LogP contribution in [-0.2, 0) is 20.5 Å². The molecule has 1 unspecified atom stereocenters. The summed E-state index contributed by atoms with van der Waals surface area (Å²) in [5.41, 5.74) is 0.628. The first-order valence-electron chi connectivity index (χ1n) is 8.66. The van der Waals surface area contributed by atoms with E-state index in [9.17, 15) is 12.8 Å². The lowest BCUT2D eigenvalue weighted by molar-refractivity contribution is 0.0309. The number of hydrogen-bond donors (Lipinski definition) is 0. The van der Waals surface area contributed by atoms with Gasteiger partial charge in [-0.2, -0.15) is 16.1 Å². The fourth-order valence-electron chi connectivity index (χ4n) is 3.27. The van der Waals surface area contributed by atoms with Crippen molar-refractivity contribution in [3.8, 4) is 0 Å². The number of ether oxygens (including phenoxy) is 1. The Hall–Kier alpha value is -0.670. The van der Waals surface area contributed by atoms with Gasteiger partial charge in [-0.25, -0.2) is 12.8 Å². The molecule has 0 aliphatic carbocycles. The zero-order chi connectivity index (χ0) is 17.7. The summed E-state index contributed by atoms with van der Waals surface area (Å²) in [5, 5.41) is 0. The Labute approximate surface area is 153 Å². The number of thioether (sulfide) groups is 1. The average molecular weight is 389 g/mol. The van der Waals surface area contributed by atoms with Crippen molar-refractivity contribution < 1.29 is 17.5 Å². The molecule has 2 saturated heterocycles. The average Bonchev–Trinajstić information content (AvgIpc) is 2.84. The van der Waals surface area contributed by atoms with E-state index in [1.165, 1.54) is 12.1 Å². The van der Waals surface area contributed by atoms with Crippen LogP contribution < -0.4 is 0 Å². The summed E-state index contributed by atoms with van der Waals surface area (Å²) in [4.78, 5) is 2.29. The molecule has 25 heavy (non-hydrogen) atoms. The molecule has 0 radical (unpaired) electrons. The number of rotatable bonds is 5. The number of benzene rings is 1. The van der Waals surface area contributed by atoms with Crippen molar-refractivity contribution in [2.75, 3.05) is 50.9 Å². The Morgan fingerprint density at radius 3 is 2.60 bits per heavy atom. The number of hydrogen-bond acceptors (Lipinski definition) is 5. The molecule has 1 atom stereocenters. The summed E-state index contributed by atoms with van der Waals surface area (Å²) < 4.78 is 46.2. The van der Waals surface area contributed by atoms with Crippen LogP contribution in [0.15, 0.2) is 24.3 Å². The fraction of sp³-hybridized carbons (Fsp3) is 0.647. The van der Waals surface area contributed by atoms with Gasteiger partial charge in [0.2, 0.25) is 10.0 Å². The lowest BCUT2D eigenvalue weighted by atomic mass is 10.2. The molecule has 1 aromatic carbocycles. The van der Waals surface area contributed by atoms with Crippen molar-refractivity contribution in [2.45, 2.75) is 18.2 Å². The summed E-state index contributed by atoms with van der Waals surface area (Å²) in [6.45, 7) is 4.44. The minimum absolute atomic E-state index is 0.0175. The SMILES string of the molecule is O=S(=O)(Cc1ccc(F)cc1)N1CCCSCC1CN1CCOCC1. The number of morpholine rings is 1. The van der Waals surface area contributed by atoms with Gasteiger partial charge in [-0.3, -0.25) is 4.90 Å². The molecular formula is C17H25FN2O3S2. The highest BCUT2D eigenvalue weighted by Gasteiger charge is 2.32. The molecule has 2 heterocycles. The van der Waals surface area contributed by atoms with Gasteiger partial charge in [0.15, 0.2) is 0 Å². The molecule has 3 rings (SSSR count). The van der Waals surface area contributed by atoms with Crippen LogP contribution in [0.25, 0.3) is 0 Å². The first-order valence-corrected chi connectivity index (χ1v) is 11.4. The van der Waals surface area contributed by atoms with Gasteiger partial charge in [0.25, 0.3) is 0 Å². The third-order valence-electron chi connectivity index (χ3n) is 4.58. The Morgan fingerprint density at radius 2 is 1.88 bits per heavy atom. The molecule has 1 aromatic rings. The van der Waals surface area contributed by atoms with Crippen LogP contribution >= 0.6 is 11.8 Å². The maximum Gasteiger partial charge on any atom is 0.218 e. The Bertz CT molecular complexity index is 648. The van der Waals surface area contributed by atoms with Crippen molar-refractivity contribution in [2.24, 2.45) is 0 Å². The standard InChI is InChI=1S/C17H25FN2O3S2/c18-16-4-2-15(3-5-16)14-25(21,22)20-6-1-11-24-13-17(20)12-19-7-9-23-10-8-19/h2-5,17H,1,6-14H2. The molecule has 2 aliphatic rings. The molecule has 5 nitrogen and oxygen atoms in total. The first-order chi connectivity index (χ1) is 12.0. The van der Waals surface area contributed by atoms with Crippen molar-refractivity contribution >= 4 is 21.8 Å². The summed E-state index contributed by atoms with van der Waals surface area (Å²) in [6.07, 6.45) is 0.868. The highest BCUT2D eigenvalue weighted by Crippen LogP contribution is 2.23. The highest BCUT2D eigenvalue weighted by atomic mass is 32.2. The second-order valence-corrected chi connectivity index (χ2v) is 9.56. The quantitative estimate of drug-likeness (QED) is 0.770. The summed E-state index contributed by atoms with van der Waals surface area (Å²) >= 11 is 1.83. The van der Waals surface area contributed by atoms with Crippen molar-refractivity contribution in [3.05, 3.63) is 35.6 Å². The Morgan fingerprint density at radius 1 is 1.16 bits per heavy atom. The van der Waals surface area contributed by atoms with Crippen LogP contribution in [0.1, 0.15) is 12.0 Å². The maximum atomic E-state index is 13.1. The van der Waals surface area contributed by atoms with E-state index in [1.807, 2.05) is 11.8 Å². The maximum absolute atomic E-state index is 13.1. The normalized spacial score (nSPS) is 24.1. The van der Waals surface area contributed by atoms with E-state index in [0.717, 1.165) is 37.6 Å². The Kier molecular flexibility index (Phi) is 6.73. The largest absolute Gasteiger partial charge is 0.379 e. The smallest absolute Gasteiger partial charge is 0.218 e. The zero-order valence-electron chi connectivity index (χ0n) is 14.3. The van der Waals surface area contributed by atoms with Gasteiger partial charge in [0, 0.05) is 38.0 Å². The van der Waals surface area contributed by atoms with Crippen LogP contribution in [0.4, 0.5) is 4.39 Å². The van der Waals surface area contributed by atoms with E-state index in [0.29, 0.717) is 25.3 Å². The molecule has 140 valence electrons. The molecule has 2 fully saturated rings. The third-order valence-corrected chi connectivity index (χ3v) is 7.67. The van der Waals surface area contributed by atoms with Crippen molar-refractivity contribution in [1.82, 2.24) is 9.21 Å². The minimum atomic E-state index is -3.43. The number of sulfonamides is 1. The minimum Gasteiger partial charge on any atom is -0.379 e. The monoisotopic (exact) mass is 388 g/mol. The summed E-state index contributed by atoms with van der Waals surface area (Å²) in [7, 11) is -3.43. The third kappa shape index (κ3) is 5.40. The fourth-order valence-corrected chi connectivity index (χ4v) is 6.21. The molecular weight excluding hydrogens is 363 g/mol. The Balaban J connectivity index is 1.73. The van der Waals surface area contributed by atoms with Gasteiger partial charge in [-0.1, -0.05) is 12.1 Å². The van der Waals surface area contributed by atoms with Gasteiger partial charge < -0.3 is 4.74 Å². The van der Waals surface area contributed by atoms with Gasteiger partial charge in [-0.05, 0) is 29.9 Å². The van der Waals surface area contributed by atoms with Gasteiger partial charge in [0.05, 0.1) is 19.0 Å². The molecule has 0 N–H and O–H groups in total.